The highest BCUT2D eigenvalue weighted by atomic mass is 16.5. The van der Waals surface area contributed by atoms with E-state index in [4.69, 9.17) is 9.47 Å². The minimum Gasteiger partial charge on any atom is -0.493 e. The Morgan fingerprint density at radius 3 is 2.74 bits per heavy atom. The first-order valence-corrected chi connectivity index (χ1v) is 11.8. The van der Waals surface area contributed by atoms with Crippen molar-refractivity contribution in [2.45, 2.75) is 25.2 Å². The first-order chi connectivity index (χ1) is 16.6. The lowest BCUT2D eigenvalue weighted by Gasteiger charge is -2.23. The van der Waals surface area contributed by atoms with Crippen molar-refractivity contribution in [3.8, 4) is 11.5 Å². The molecule has 3 aromatic rings. The van der Waals surface area contributed by atoms with Gasteiger partial charge in [0, 0.05) is 42.4 Å². The Bertz CT molecular complexity index is 1320. The van der Waals surface area contributed by atoms with Crippen molar-refractivity contribution in [1.82, 2.24) is 5.32 Å². The van der Waals surface area contributed by atoms with E-state index in [9.17, 15) is 9.59 Å². The maximum absolute atomic E-state index is 14.0. The zero-order chi connectivity index (χ0) is 23.3. The molecule has 3 heterocycles. The van der Waals surface area contributed by atoms with Gasteiger partial charge in [-0.15, -0.1) is 0 Å². The highest BCUT2D eigenvalue weighted by molar-refractivity contribution is 6.11. The van der Waals surface area contributed by atoms with Crippen LogP contribution in [-0.2, 0) is 16.6 Å². The zero-order valence-electron chi connectivity index (χ0n) is 19.1. The largest absolute Gasteiger partial charge is 0.493 e. The van der Waals surface area contributed by atoms with E-state index in [2.05, 4.69) is 11.4 Å². The molecular weight excluding hydrogens is 428 g/mol. The number of para-hydroxylation sites is 1. The Morgan fingerprint density at radius 2 is 1.85 bits per heavy atom. The third kappa shape index (κ3) is 3.01. The Labute approximate surface area is 198 Å². The van der Waals surface area contributed by atoms with E-state index in [-0.39, 0.29) is 11.8 Å². The van der Waals surface area contributed by atoms with Gasteiger partial charge in [-0.2, -0.15) is 0 Å². The second-order valence-corrected chi connectivity index (χ2v) is 9.15. The monoisotopic (exact) mass is 454 g/mol. The lowest BCUT2D eigenvalue weighted by atomic mass is 9.76. The summed E-state index contributed by atoms with van der Waals surface area (Å²) >= 11 is 0. The molecule has 3 aliphatic heterocycles. The molecule has 2 amide bonds. The van der Waals surface area contributed by atoms with Crippen molar-refractivity contribution < 1.29 is 19.1 Å². The molecule has 3 aromatic carbocycles. The van der Waals surface area contributed by atoms with Gasteiger partial charge >= 0.3 is 0 Å². The third-order valence-corrected chi connectivity index (χ3v) is 7.19. The van der Waals surface area contributed by atoms with Crippen LogP contribution in [-0.4, -0.2) is 38.1 Å². The fourth-order valence-electron chi connectivity index (χ4n) is 5.43. The maximum atomic E-state index is 14.0. The molecule has 1 spiro atoms. The van der Waals surface area contributed by atoms with E-state index in [0.717, 1.165) is 45.9 Å². The molecule has 172 valence electrons. The molecule has 6 heteroatoms. The first-order valence-electron chi connectivity index (χ1n) is 11.8. The van der Waals surface area contributed by atoms with Gasteiger partial charge in [0.1, 0.15) is 23.5 Å². The molecule has 0 aromatic heterocycles. The number of carbonyl (C=O) groups is 2. The summed E-state index contributed by atoms with van der Waals surface area (Å²) in [6, 6.07) is 19.6. The number of carbonyl (C=O) groups excluding carboxylic acids is 2. The second-order valence-electron chi connectivity index (χ2n) is 9.15. The van der Waals surface area contributed by atoms with Crippen LogP contribution in [0.1, 0.15) is 39.0 Å². The Balaban J connectivity index is 1.23. The van der Waals surface area contributed by atoms with Crippen LogP contribution >= 0.6 is 0 Å². The Kier molecular flexibility index (Phi) is 4.83. The number of benzene rings is 3. The van der Waals surface area contributed by atoms with Gasteiger partial charge in [-0.25, -0.2) is 0 Å². The topological polar surface area (TPSA) is 67.9 Å². The lowest BCUT2D eigenvalue weighted by molar-refractivity contribution is -0.122. The number of hydrogen-bond donors (Lipinski definition) is 1. The van der Waals surface area contributed by atoms with Gasteiger partial charge in [0.05, 0.1) is 6.61 Å². The van der Waals surface area contributed by atoms with E-state index in [1.807, 2.05) is 66.4 Å². The molecule has 0 bridgehead atoms. The summed E-state index contributed by atoms with van der Waals surface area (Å²) in [4.78, 5) is 28.4. The molecule has 6 nitrogen and oxygen atoms in total. The second kappa shape index (κ2) is 7.90. The van der Waals surface area contributed by atoms with E-state index in [1.54, 1.807) is 0 Å². The third-order valence-electron chi connectivity index (χ3n) is 7.19. The number of nitrogens with zero attached hydrogens (tertiary/aromatic N) is 1. The lowest BCUT2D eigenvalue weighted by Crippen LogP contribution is -2.43. The predicted octanol–water partition coefficient (Wildman–Crippen LogP) is 3.78. The normalized spacial score (nSPS) is 19.4. The van der Waals surface area contributed by atoms with E-state index in [0.29, 0.717) is 38.3 Å². The quantitative estimate of drug-likeness (QED) is 0.596. The summed E-state index contributed by atoms with van der Waals surface area (Å²) < 4.78 is 11.8. The van der Waals surface area contributed by atoms with Crippen LogP contribution in [0.5, 0.6) is 11.5 Å². The number of aryl methyl sites for hydroxylation is 1. The van der Waals surface area contributed by atoms with Crippen molar-refractivity contribution in [3.05, 3.63) is 88.5 Å². The van der Waals surface area contributed by atoms with Gasteiger partial charge in [-0.3, -0.25) is 9.59 Å². The van der Waals surface area contributed by atoms with Crippen molar-refractivity contribution in [1.29, 1.82) is 0 Å². The van der Waals surface area contributed by atoms with Crippen LogP contribution in [0.2, 0.25) is 0 Å². The average Bonchev–Trinajstić information content (AvgIpc) is 3.52. The minimum atomic E-state index is -0.825. The van der Waals surface area contributed by atoms with Crippen LogP contribution in [0.4, 0.5) is 5.69 Å². The number of anilines is 1. The van der Waals surface area contributed by atoms with Crippen LogP contribution in [0, 0.1) is 6.92 Å². The number of rotatable bonds is 5. The number of ether oxygens (including phenoxy) is 2. The van der Waals surface area contributed by atoms with Gasteiger partial charge in [0.15, 0.2) is 0 Å². The summed E-state index contributed by atoms with van der Waals surface area (Å²) in [5.41, 5.74) is 4.78. The molecular formula is C28H26N2O4. The van der Waals surface area contributed by atoms with E-state index in [1.165, 1.54) is 0 Å². The Hall–Kier alpha value is -3.80. The van der Waals surface area contributed by atoms with Crippen LogP contribution in [0.25, 0.3) is 0 Å². The highest BCUT2D eigenvalue weighted by Crippen LogP contribution is 2.53. The maximum Gasteiger partial charge on any atom is 0.251 e. The summed E-state index contributed by atoms with van der Waals surface area (Å²) in [7, 11) is 0. The molecule has 3 aliphatic rings. The summed E-state index contributed by atoms with van der Waals surface area (Å²) in [5, 5.41) is 2.99. The van der Waals surface area contributed by atoms with Crippen molar-refractivity contribution in [2.24, 2.45) is 0 Å². The molecule has 0 fully saturated rings. The number of hydrogen-bond acceptors (Lipinski definition) is 4. The molecule has 0 saturated carbocycles. The standard InChI is InChI=1S/C28H26N2O4/c1-18-7-2-3-8-20(18)26(31)29-12-6-13-30-23-10-5-4-9-21(23)28(27(30)32)17-34-25-16-24-19(11-14-33-24)15-22(25)28/h2-5,7-10,15-16H,6,11-14,17H2,1H3,(H,29,31). The van der Waals surface area contributed by atoms with Gasteiger partial charge in [0.25, 0.3) is 5.91 Å². The summed E-state index contributed by atoms with van der Waals surface area (Å²) in [6.45, 7) is 3.90. The SMILES string of the molecule is Cc1ccccc1C(=O)NCCCN1C(=O)C2(COc3cc4c(cc32)CCO4)c2ccccc21. The van der Waals surface area contributed by atoms with Gasteiger partial charge in [-0.1, -0.05) is 36.4 Å². The molecule has 0 aliphatic carbocycles. The van der Waals surface area contributed by atoms with Crippen LogP contribution in [0.15, 0.2) is 60.7 Å². The summed E-state index contributed by atoms with van der Waals surface area (Å²) in [6.07, 6.45) is 1.50. The number of nitrogens with one attached hydrogen (secondary N) is 1. The molecule has 1 atom stereocenters. The van der Waals surface area contributed by atoms with Crippen molar-refractivity contribution in [3.63, 3.8) is 0 Å². The summed E-state index contributed by atoms with van der Waals surface area (Å²) in [5.74, 6) is 1.54. The molecule has 6 rings (SSSR count). The predicted molar refractivity (Wildman–Crippen MR) is 129 cm³/mol. The number of fused-ring (bicyclic) bond motifs is 5. The van der Waals surface area contributed by atoms with Gasteiger partial charge < -0.3 is 19.7 Å². The molecule has 1 unspecified atom stereocenters. The molecule has 0 radical (unpaired) electrons. The van der Waals surface area contributed by atoms with Crippen LogP contribution < -0.4 is 19.7 Å². The smallest absolute Gasteiger partial charge is 0.251 e. The first kappa shape index (κ1) is 20.8. The molecule has 0 saturated heterocycles. The molecule has 34 heavy (non-hydrogen) atoms. The van der Waals surface area contributed by atoms with Crippen molar-refractivity contribution in [2.75, 3.05) is 31.2 Å². The van der Waals surface area contributed by atoms with E-state index < -0.39 is 5.41 Å². The van der Waals surface area contributed by atoms with E-state index >= 15 is 0 Å². The fourth-order valence-corrected chi connectivity index (χ4v) is 5.43. The van der Waals surface area contributed by atoms with Crippen molar-refractivity contribution >= 4 is 17.5 Å². The van der Waals surface area contributed by atoms with Gasteiger partial charge in [0.2, 0.25) is 5.91 Å². The van der Waals surface area contributed by atoms with Crippen LogP contribution in [0.3, 0.4) is 0 Å². The minimum absolute atomic E-state index is 0.0385. The average molecular weight is 455 g/mol. The fraction of sp³-hybridized carbons (Fsp3) is 0.286. The number of amides is 2. The Morgan fingerprint density at radius 1 is 1.03 bits per heavy atom. The zero-order valence-corrected chi connectivity index (χ0v) is 19.1. The van der Waals surface area contributed by atoms with Gasteiger partial charge in [-0.05, 0) is 48.2 Å². The molecule has 1 N–H and O–H groups in total. The highest BCUT2D eigenvalue weighted by Gasteiger charge is 2.57.